The molecule has 2 atom stereocenters. The first-order valence-electron chi connectivity index (χ1n) is 15.9. The molecule has 1 aromatic carbocycles. The highest BCUT2D eigenvalue weighted by Gasteiger charge is 2.34. The molecule has 4 aromatic rings. The second-order valence-electron chi connectivity index (χ2n) is 12.5. The zero-order chi connectivity index (χ0) is 35.0. The number of anilines is 3. The highest BCUT2D eigenvalue weighted by Crippen LogP contribution is 2.40. The fraction of sp³-hybridized carbons (Fsp3) is 0.371. The molecule has 11 nitrogen and oxygen atoms in total. The Hall–Kier alpha value is -4.84. The maximum atomic E-state index is 15.7. The van der Waals surface area contributed by atoms with E-state index in [4.69, 9.17) is 16.6 Å². The number of nitrogens with zero attached hydrogens (tertiary/aromatic N) is 7. The first kappa shape index (κ1) is 34.5. The van der Waals surface area contributed by atoms with Gasteiger partial charge in [-0.2, -0.15) is 4.98 Å². The monoisotopic (exact) mass is 674 g/mol. The van der Waals surface area contributed by atoms with Crippen molar-refractivity contribution in [2.24, 2.45) is 0 Å². The fourth-order valence-electron chi connectivity index (χ4n) is 6.13. The van der Waals surface area contributed by atoms with Gasteiger partial charge in [0.15, 0.2) is 5.65 Å². The highest BCUT2D eigenvalue weighted by atomic mass is 35.5. The fourth-order valence-corrected chi connectivity index (χ4v) is 6.37. The third-order valence-corrected chi connectivity index (χ3v) is 8.83. The molecule has 0 saturated carbocycles. The van der Waals surface area contributed by atoms with Gasteiger partial charge in [0.25, 0.3) is 0 Å². The summed E-state index contributed by atoms with van der Waals surface area (Å²) in [6, 6.07) is 7.31. The molecular formula is C35H40ClFN8O3. The molecule has 0 bridgehead atoms. The minimum atomic E-state index is -0.649. The summed E-state index contributed by atoms with van der Waals surface area (Å²) in [6.45, 7) is 13.9. The molecule has 0 aliphatic carbocycles. The molecule has 5 rings (SSSR count). The molecule has 4 heterocycles. The van der Waals surface area contributed by atoms with E-state index in [1.54, 1.807) is 36.2 Å². The van der Waals surface area contributed by atoms with E-state index < -0.39 is 11.5 Å². The molecular weight excluding hydrogens is 635 g/mol. The first-order valence-corrected chi connectivity index (χ1v) is 16.2. The van der Waals surface area contributed by atoms with E-state index in [0.717, 1.165) is 0 Å². The zero-order valence-corrected chi connectivity index (χ0v) is 29.0. The third-order valence-electron chi connectivity index (χ3n) is 8.55. The van der Waals surface area contributed by atoms with Gasteiger partial charge in [0, 0.05) is 51.9 Å². The van der Waals surface area contributed by atoms with Crippen molar-refractivity contribution < 1.29 is 14.0 Å². The minimum Gasteiger partial charge on any atom is -0.376 e. The van der Waals surface area contributed by atoms with Crippen molar-refractivity contribution in [3.63, 3.8) is 0 Å². The van der Waals surface area contributed by atoms with Crippen molar-refractivity contribution in [3.05, 3.63) is 76.2 Å². The van der Waals surface area contributed by atoms with E-state index in [2.05, 4.69) is 21.9 Å². The summed E-state index contributed by atoms with van der Waals surface area (Å²) < 4.78 is 17.1. The highest BCUT2D eigenvalue weighted by molar-refractivity contribution is 6.34. The van der Waals surface area contributed by atoms with Crippen LogP contribution in [0.2, 0.25) is 5.02 Å². The Morgan fingerprint density at radius 3 is 2.54 bits per heavy atom. The lowest BCUT2D eigenvalue weighted by atomic mass is 10.0. The number of nitrogens with one attached hydrogen (secondary N) is 1. The predicted octanol–water partition coefficient (Wildman–Crippen LogP) is 5.78. The van der Waals surface area contributed by atoms with E-state index in [9.17, 15) is 14.4 Å². The van der Waals surface area contributed by atoms with Gasteiger partial charge in [-0.1, -0.05) is 45.0 Å². The van der Waals surface area contributed by atoms with E-state index in [0.29, 0.717) is 41.4 Å². The van der Waals surface area contributed by atoms with Crippen LogP contribution < -0.4 is 20.8 Å². The number of piperazine rings is 1. The van der Waals surface area contributed by atoms with Crippen molar-refractivity contribution in [2.45, 2.75) is 59.0 Å². The molecule has 13 heteroatoms. The zero-order valence-electron chi connectivity index (χ0n) is 28.2. The van der Waals surface area contributed by atoms with Crippen LogP contribution in [0.4, 0.5) is 21.6 Å². The van der Waals surface area contributed by atoms with Crippen molar-refractivity contribution in [1.29, 1.82) is 0 Å². The number of carbonyl (C=O) groups excluding carboxylic acids is 2. The van der Waals surface area contributed by atoms with E-state index in [1.807, 2.05) is 51.6 Å². The van der Waals surface area contributed by atoms with Crippen LogP contribution in [-0.2, 0) is 9.59 Å². The van der Waals surface area contributed by atoms with Crippen molar-refractivity contribution in [2.75, 3.05) is 42.3 Å². The summed E-state index contributed by atoms with van der Waals surface area (Å²) in [6.07, 6.45) is 3.16. The number of hydrogen-bond acceptors (Lipinski definition) is 8. The smallest absolute Gasteiger partial charge is 0.355 e. The third kappa shape index (κ3) is 6.24. The summed E-state index contributed by atoms with van der Waals surface area (Å²) in [5.74, 6) is -0.892. The normalized spacial score (nSPS) is 16.4. The van der Waals surface area contributed by atoms with E-state index >= 15 is 4.39 Å². The Bertz CT molecular complexity index is 1950. The molecule has 0 spiro atoms. The van der Waals surface area contributed by atoms with Gasteiger partial charge in [-0.15, -0.1) is 0 Å². The van der Waals surface area contributed by atoms with Crippen LogP contribution in [0.5, 0.6) is 0 Å². The molecule has 1 saturated heterocycles. The van der Waals surface area contributed by atoms with Crippen molar-refractivity contribution in [3.8, 4) is 16.9 Å². The topological polar surface area (TPSA) is 117 Å². The molecule has 0 unspecified atom stereocenters. The van der Waals surface area contributed by atoms with Crippen LogP contribution >= 0.6 is 11.6 Å². The van der Waals surface area contributed by atoms with Crippen molar-refractivity contribution in [1.82, 2.24) is 24.4 Å². The number of amides is 2. The SMILES string of the molecule is C=CC(=O)N1C[C@H](C)N(c2nc(=O)n(-c3c(N(C)C)ccnc3C(C)C)c3nc(-c4c(F)cccc4NC(=O)CC)c(Cl)cc23)C[C@H]1C. The Kier molecular flexibility index (Phi) is 9.86. The first-order chi connectivity index (χ1) is 22.8. The van der Waals surface area contributed by atoms with Gasteiger partial charge in [-0.25, -0.2) is 18.7 Å². The number of hydrogen-bond donors (Lipinski definition) is 1. The molecule has 1 fully saturated rings. The van der Waals surface area contributed by atoms with Gasteiger partial charge in [-0.3, -0.25) is 14.6 Å². The predicted molar refractivity (Wildman–Crippen MR) is 189 cm³/mol. The Morgan fingerprint density at radius 2 is 1.90 bits per heavy atom. The summed E-state index contributed by atoms with van der Waals surface area (Å²) in [5, 5.41) is 3.29. The standard InChI is InChI=1S/C35H40ClFN8O3/c1-9-27(46)39-25-13-11-12-24(37)29(25)31-23(36)16-22-33(44-18-20(5)43(17-21(44)6)28(47)10-2)41-35(48)45(34(22)40-31)32-26(42(7)8)14-15-38-30(32)19(3)4/h10-16,19-21H,2,9,17-18H2,1,3-8H3,(H,39,46)/t20-,21+/m1/s1. The number of halogens is 2. The lowest BCUT2D eigenvalue weighted by molar-refractivity contribution is -0.128. The van der Waals surface area contributed by atoms with E-state index in [-0.39, 0.29) is 63.9 Å². The molecule has 2 amide bonds. The van der Waals surface area contributed by atoms with Crippen LogP contribution in [0.25, 0.3) is 28.0 Å². The average molecular weight is 675 g/mol. The lowest BCUT2D eigenvalue weighted by Gasteiger charge is -2.44. The van der Waals surface area contributed by atoms with Crippen LogP contribution in [0.3, 0.4) is 0 Å². The Balaban J connectivity index is 1.88. The van der Waals surface area contributed by atoms with Crippen LogP contribution in [0, 0.1) is 5.82 Å². The van der Waals surface area contributed by atoms with Gasteiger partial charge in [0.1, 0.15) is 11.6 Å². The van der Waals surface area contributed by atoms with Crippen LogP contribution in [0.1, 0.15) is 52.7 Å². The molecule has 3 aromatic heterocycles. The van der Waals surface area contributed by atoms with Crippen LogP contribution in [0.15, 0.2) is 54.0 Å². The Labute approximate surface area is 284 Å². The molecule has 1 aliphatic heterocycles. The van der Waals surface area contributed by atoms with E-state index in [1.165, 1.54) is 22.8 Å². The van der Waals surface area contributed by atoms with Gasteiger partial charge in [-0.05, 0) is 50.1 Å². The van der Waals surface area contributed by atoms with Gasteiger partial charge >= 0.3 is 5.69 Å². The minimum absolute atomic E-state index is 0.00907. The van der Waals surface area contributed by atoms with Crippen molar-refractivity contribution >= 4 is 51.6 Å². The number of pyridine rings is 2. The molecule has 1 N–H and O–H groups in total. The number of carbonyl (C=O) groups is 2. The molecule has 48 heavy (non-hydrogen) atoms. The van der Waals surface area contributed by atoms with Crippen LogP contribution in [-0.4, -0.2) is 75.5 Å². The molecule has 0 radical (unpaired) electrons. The summed E-state index contributed by atoms with van der Waals surface area (Å²) >= 11 is 6.95. The second kappa shape index (κ2) is 13.7. The second-order valence-corrected chi connectivity index (χ2v) is 12.9. The van der Waals surface area contributed by atoms with Gasteiger partial charge < -0.3 is 20.0 Å². The van der Waals surface area contributed by atoms with Gasteiger partial charge in [0.2, 0.25) is 11.8 Å². The Morgan fingerprint density at radius 1 is 1.17 bits per heavy atom. The quantitative estimate of drug-likeness (QED) is 0.234. The summed E-state index contributed by atoms with van der Waals surface area (Å²) in [7, 11) is 3.73. The average Bonchev–Trinajstić information content (AvgIpc) is 3.04. The maximum absolute atomic E-state index is 15.7. The molecule has 252 valence electrons. The number of fused-ring (bicyclic) bond motifs is 1. The maximum Gasteiger partial charge on any atom is 0.355 e. The number of aromatic nitrogens is 4. The summed E-state index contributed by atoms with van der Waals surface area (Å²) in [4.78, 5) is 59.2. The lowest BCUT2D eigenvalue weighted by Crippen LogP contribution is -2.58. The van der Waals surface area contributed by atoms with Gasteiger partial charge in [0.05, 0.1) is 44.4 Å². The number of benzene rings is 1. The largest absolute Gasteiger partial charge is 0.376 e. The number of rotatable bonds is 8. The summed E-state index contributed by atoms with van der Waals surface area (Å²) in [5.41, 5.74) is 1.62. The molecule has 1 aliphatic rings.